The van der Waals surface area contributed by atoms with Crippen LogP contribution in [0.5, 0.6) is 0 Å². The molecule has 0 aliphatic heterocycles. The Morgan fingerprint density at radius 2 is 2.06 bits per heavy atom. The van der Waals surface area contributed by atoms with Crippen molar-refractivity contribution in [2.24, 2.45) is 0 Å². The van der Waals surface area contributed by atoms with Crippen LogP contribution in [0.1, 0.15) is 45.4 Å². The van der Waals surface area contributed by atoms with Crippen molar-refractivity contribution >= 4 is 0 Å². The van der Waals surface area contributed by atoms with Gasteiger partial charge in [0, 0.05) is 19.8 Å². The molecule has 0 bridgehead atoms. The van der Waals surface area contributed by atoms with Gasteiger partial charge in [-0.2, -0.15) is 0 Å². The largest absolute Gasteiger partial charge is 0.383 e. The maximum absolute atomic E-state index is 5.81. The molecule has 0 spiro atoms. The van der Waals surface area contributed by atoms with Crippen LogP contribution in [-0.2, 0) is 9.47 Å². The van der Waals surface area contributed by atoms with Gasteiger partial charge in [0.15, 0.2) is 0 Å². The van der Waals surface area contributed by atoms with Crippen LogP contribution in [0, 0.1) is 0 Å². The molecule has 1 fully saturated rings. The topological polar surface area (TPSA) is 30.5 Å². The number of methoxy groups -OCH3 is 1. The second-order valence-electron chi connectivity index (χ2n) is 4.65. The molecule has 0 amide bonds. The molecule has 0 radical (unpaired) electrons. The molecular weight excluding hydrogens is 202 g/mol. The zero-order chi connectivity index (χ0) is 11.6. The lowest BCUT2D eigenvalue weighted by molar-refractivity contribution is 0.0559. The van der Waals surface area contributed by atoms with Crippen LogP contribution < -0.4 is 5.32 Å². The number of nitrogens with one attached hydrogen (secondary N) is 1. The van der Waals surface area contributed by atoms with Gasteiger partial charge >= 0.3 is 0 Å². The highest BCUT2D eigenvalue weighted by atomic mass is 16.5. The Kier molecular flexibility index (Phi) is 7.81. The smallest absolute Gasteiger partial charge is 0.0615 e. The van der Waals surface area contributed by atoms with Crippen LogP contribution in [0.15, 0.2) is 0 Å². The fourth-order valence-corrected chi connectivity index (χ4v) is 2.21. The number of ether oxygens (including phenoxy) is 2. The second kappa shape index (κ2) is 8.97. The summed E-state index contributed by atoms with van der Waals surface area (Å²) in [4.78, 5) is 0. The average molecular weight is 229 g/mol. The first-order chi connectivity index (χ1) is 7.86. The highest BCUT2D eigenvalue weighted by molar-refractivity contribution is 4.67. The van der Waals surface area contributed by atoms with Crippen molar-refractivity contribution in [3.63, 3.8) is 0 Å². The molecule has 3 heteroatoms. The van der Waals surface area contributed by atoms with Gasteiger partial charge in [-0.15, -0.1) is 0 Å². The Morgan fingerprint density at radius 1 is 1.31 bits per heavy atom. The first-order valence-electron chi connectivity index (χ1n) is 6.70. The van der Waals surface area contributed by atoms with Gasteiger partial charge in [0.05, 0.1) is 12.7 Å². The summed E-state index contributed by atoms with van der Waals surface area (Å²) in [7, 11) is 1.76. The first kappa shape index (κ1) is 13.9. The standard InChI is InChI=1S/C13H27NO2/c1-3-12(11-15-2)14-9-6-10-16-13-7-4-5-8-13/h12-14H,3-11H2,1-2H3. The van der Waals surface area contributed by atoms with Gasteiger partial charge in [0.25, 0.3) is 0 Å². The van der Waals surface area contributed by atoms with E-state index in [1.54, 1.807) is 7.11 Å². The van der Waals surface area contributed by atoms with Crippen molar-refractivity contribution in [1.29, 1.82) is 0 Å². The molecule has 16 heavy (non-hydrogen) atoms. The molecule has 1 aliphatic carbocycles. The van der Waals surface area contributed by atoms with E-state index in [9.17, 15) is 0 Å². The molecule has 1 N–H and O–H groups in total. The minimum Gasteiger partial charge on any atom is -0.383 e. The normalized spacial score (nSPS) is 19.1. The zero-order valence-corrected chi connectivity index (χ0v) is 10.8. The Balaban J connectivity index is 1.89. The van der Waals surface area contributed by atoms with Crippen molar-refractivity contribution in [3.8, 4) is 0 Å². The van der Waals surface area contributed by atoms with Crippen LogP contribution in [0.4, 0.5) is 0 Å². The third-order valence-corrected chi connectivity index (χ3v) is 3.27. The molecule has 1 rings (SSSR count). The van der Waals surface area contributed by atoms with E-state index in [2.05, 4.69) is 12.2 Å². The monoisotopic (exact) mass is 229 g/mol. The average Bonchev–Trinajstić information content (AvgIpc) is 2.80. The van der Waals surface area contributed by atoms with Crippen LogP contribution in [-0.4, -0.2) is 39.0 Å². The molecule has 0 aromatic rings. The van der Waals surface area contributed by atoms with Crippen LogP contribution >= 0.6 is 0 Å². The van der Waals surface area contributed by atoms with Gasteiger partial charge < -0.3 is 14.8 Å². The van der Waals surface area contributed by atoms with Gasteiger partial charge in [-0.1, -0.05) is 19.8 Å². The highest BCUT2D eigenvalue weighted by Gasteiger charge is 2.14. The summed E-state index contributed by atoms with van der Waals surface area (Å²) in [5.74, 6) is 0. The summed E-state index contributed by atoms with van der Waals surface area (Å²) in [5, 5.41) is 3.49. The quantitative estimate of drug-likeness (QED) is 0.616. The van der Waals surface area contributed by atoms with E-state index >= 15 is 0 Å². The molecule has 1 aliphatic rings. The highest BCUT2D eigenvalue weighted by Crippen LogP contribution is 2.20. The molecule has 1 saturated carbocycles. The van der Waals surface area contributed by atoms with Gasteiger partial charge in [0.2, 0.25) is 0 Å². The van der Waals surface area contributed by atoms with Crippen molar-refractivity contribution in [2.75, 3.05) is 26.9 Å². The Labute approximate surface area is 99.9 Å². The molecule has 0 aromatic carbocycles. The molecule has 96 valence electrons. The van der Waals surface area contributed by atoms with E-state index in [0.717, 1.165) is 32.6 Å². The Morgan fingerprint density at radius 3 is 2.69 bits per heavy atom. The first-order valence-corrected chi connectivity index (χ1v) is 6.70. The Bertz CT molecular complexity index is 158. The second-order valence-corrected chi connectivity index (χ2v) is 4.65. The van der Waals surface area contributed by atoms with Crippen molar-refractivity contribution in [3.05, 3.63) is 0 Å². The van der Waals surface area contributed by atoms with Crippen LogP contribution in [0.25, 0.3) is 0 Å². The summed E-state index contributed by atoms with van der Waals surface area (Å²) in [6.07, 6.45) is 8.04. The number of hydrogen-bond donors (Lipinski definition) is 1. The summed E-state index contributed by atoms with van der Waals surface area (Å²) in [6, 6.07) is 0.497. The third-order valence-electron chi connectivity index (χ3n) is 3.27. The van der Waals surface area contributed by atoms with E-state index < -0.39 is 0 Å². The molecule has 0 aromatic heterocycles. The molecule has 0 heterocycles. The fourth-order valence-electron chi connectivity index (χ4n) is 2.21. The van der Waals surface area contributed by atoms with Crippen LogP contribution in [0.3, 0.4) is 0 Å². The van der Waals surface area contributed by atoms with Gasteiger partial charge in [-0.25, -0.2) is 0 Å². The lowest BCUT2D eigenvalue weighted by Crippen LogP contribution is -2.33. The fraction of sp³-hybridized carbons (Fsp3) is 1.00. The van der Waals surface area contributed by atoms with E-state index in [-0.39, 0.29) is 0 Å². The predicted molar refractivity (Wildman–Crippen MR) is 66.8 cm³/mol. The Hall–Kier alpha value is -0.120. The predicted octanol–water partition coefficient (Wildman–Crippen LogP) is 2.35. The van der Waals surface area contributed by atoms with Gasteiger partial charge in [-0.3, -0.25) is 0 Å². The van der Waals surface area contributed by atoms with Crippen molar-refractivity contribution in [2.45, 2.75) is 57.6 Å². The zero-order valence-electron chi connectivity index (χ0n) is 10.8. The van der Waals surface area contributed by atoms with Gasteiger partial charge in [0.1, 0.15) is 0 Å². The molecular formula is C13H27NO2. The minimum atomic E-state index is 0.497. The third kappa shape index (κ3) is 5.83. The van der Waals surface area contributed by atoms with Crippen molar-refractivity contribution in [1.82, 2.24) is 5.32 Å². The maximum atomic E-state index is 5.81. The van der Waals surface area contributed by atoms with E-state index in [1.807, 2.05) is 0 Å². The van der Waals surface area contributed by atoms with E-state index in [1.165, 1.54) is 25.7 Å². The van der Waals surface area contributed by atoms with Crippen molar-refractivity contribution < 1.29 is 9.47 Å². The van der Waals surface area contributed by atoms with E-state index in [4.69, 9.17) is 9.47 Å². The summed E-state index contributed by atoms with van der Waals surface area (Å²) in [6.45, 7) is 4.93. The molecule has 0 saturated heterocycles. The van der Waals surface area contributed by atoms with E-state index in [0.29, 0.717) is 12.1 Å². The number of hydrogen-bond acceptors (Lipinski definition) is 3. The maximum Gasteiger partial charge on any atom is 0.0615 e. The summed E-state index contributed by atoms with van der Waals surface area (Å²) in [5.41, 5.74) is 0. The molecule has 3 nitrogen and oxygen atoms in total. The van der Waals surface area contributed by atoms with Gasteiger partial charge in [-0.05, 0) is 32.2 Å². The van der Waals surface area contributed by atoms with Crippen LogP contribution in [0.2, 0.25) is 0 Å². The molecule has 1 atom stereocenters. The number of rotatable bonds is 9. The lowest BCUT2D eigenvalue weighted by Gasteiger charge is -2.16. The summed E-state index contributed by atoms with van der Waals surface area (Å²) >= 11 is 0. The summed E-state index contributed by atoms with van der Waals surface area (Å²) < 4.78 is 10.9. The minimum absolute atomic E-state index is 0.497. The SMILES string of the molecule is CCC(COC)NCCCOC1CCCC1. The molecule has 1 unspecified atom stereocenters. The lowest BCUT2D eigenvalue weighted by atomic mass is 10.2.